The van der Waals surface area contributed by atoms with Gasteiger partial charge in [-0.05, 0) is 19.2 Å². The lowest BCUT2D eigenvalue weighted by Crippen LogP contribution is -2.33. The Balaban J connectivity index is 2.50. The molecule has 0 fully saturated rings. The van der Waals surface area contributed by atoms with Crippen molar-refractivity contribution in [2.45, 2.75) is 17.9 Å². The number of rotatable bonds is 4. The van der Waals surface area contributed by atoms with Gasteiger partial charge in [0.2, 0.25) is 0 Å². The van der Waals surface area contributed by atoms with Gasteiger partial charge in [0.15, 0.2) is 0 Å². The maximum atomic E-state index is 11.6. The van der Waals surface area contributed by atoms with Crippen LogP contribution in [0.3, 0.4) is 0 Å². The second kappa shape index (κ2) is 5.68. The van der Waals surface area contributed by atoms with Crippen LogP contribution in [0.5, 0.6) is 0 Å². The smallest absolute Gasteiger partial charge is 0.261 e. The summed E-state index contributed by atoms with van der Waals surface area (Å²) in [7, 11) is 0. The molecule has 1 aromatic rings. The number of thiol groups is 1. The third-order valence-electron chi connectivity index (χ3n) is 1.60. The third kappa shape index (κ3) is 3.55. The summed E-state index contributed by atoms with van der Waals surface area (Å²) in [6.07, 6.45) is 2.03. The molecule has 0 aliphatic carbocycles. The van der Waals surface area contributed by atoms with Gasteiger partial charge in [0.05, 0.1) is 4.88 Å². The molecule has 5 heteroatoms. The molecular weight excluding hydrogens is 234 g/mol. The van der Waals surface area contributed by atoms with Gasteiger partial charge in [-0.25, -0.2) is 0 Å². The maximum Gasteiger partial charge on any atom is 0.261 e. The minimum absolute atomic E-state index is 0.00292. The highest BCUT2D eigenvalue weighted by Crippen LogP contribution is 2.17. The van der Waals surface area contributed by atoms with Crippen molar-refractivity contribution in [2.24, 2.45) is 0 Å². The molecule has 0 aromatic carbocycles. The van der Waals surface area contributed by atoms with Crippen molar-refractivity contribution >= 4 is 41.6 Å². The van der Waals surface area contributed by atoms with E-state index in [0.717, 1.165) is 15.5 Å². The largest absolute Gasteiger partial charge is 0.348 e. The van der Waals surface area contributed by atoms with E-state index < -0.39 is 0 Å². The first kappa shape index (κ1) is 11.9. The second-order valence-electron chi connectivity index (χ2n) is 3.00. The molecule has 0 saturated heterocycles. The number of carbonyl (C=O) groups is 1. The molecule has 1 N–H and O–H groups in total. The van der Waals surface area contributed by atoms with Crippen LogP contribution in [0.15, 0.2) is 16.3 Å². The highest BCUT2D eigenvalue weighted by atomic mass is 32.2. The number of amides is 1. The SMILES string of the molecule is CSCC(C)NC(=O)c1cc(S)cs1. The van der Waals surface area contributed by atoms with Crippen LogP contribution < -0.4 is 5.32 Å². The van der Waals surface area contributed by atoms with E-state index in [1.807, 2.05) is 18.6 Å². The summed E-state index contributed by atoms with van der Waals surface area (Å²) in [6.45, 7) is 2.00. The molecule has 0 radical (unpaired) electrons. The lowest BCUT2D eigenvalue weighted by molar-refractivity contribution is 0.0948. The van der Waals surface area contributed by atoms with E-state index in [2.05, 4.69) is 17.9 Å². The predicted octanol–water partition coefficient (Wildman–Crippen LogP) is 2.52. The standard InChI is InChI=1S/C9H13NOS3/c1-6(4-13-2)10-9(11)8-3-7(12)5-14-8/h3,5-6,12H,4H2,1-2H3,(H,10,11). The van der Waals surface area contributed by atoms with Crippen molar-refractivity contribution in [3.05, 3.63) is 16.3 Å². The van der Waals surface area contributed by atoms with Gasteiger partial charge in [0.1, 0.15) is 0 Å². The van der Waals surface area contributed by atoms with Crippen molar-refractivity contribution in [1.82, 2.24) is 5.32 Å². The topological polar surface area (TPSA) is 29.1 Å². The molecule has 0 aliphatic rings. The summed E-state index contributed by atoms with van der Waals surface area (Å²) >= 11 is 7.31. The zero-order valence-electron chi connectivity index (χ0n) is 8.11. The Hall–Kier alpha value is -0.130. The van der Waals surface area contributed by atoms with Crippen molar-refractivity contribution in [1.29, 1.82) is 0 Å². The molecule has 1 heterocycles. The number of hydrogen-bond donors (Lipinski definition) is 2. The summed E-state index contributed by atoms with van der Waals surface area (Å²) in [5.41, 5.74) is 0. The van der Waals surface area contributed by atoms with Gasteiger partial charge >= 0.3 is 0 Å². The predicted molar refractivity (Wildman–Crippen MR) is 66.9 cm³/mol. The van der Waals surface area contributed by atoms with E-state index >= 15 is 0 Å². The Morgan fingerprint density at radius 1 is 1.79 bits per heavy atom. The molecule has 1 atom stereocenters. The quantitative estimate of drug-likeness (QED) is 0.801. The maximum absolute atomic E-state index is 11.6. The van der Waals surface area contributed by atoms with Crippen LogP contribution >= 0.6 is 35.7 Å². The van der Waals surface area contributed by atoms with Crippen molar-refractivity contribution in [3.63, 3.8) is 0 Å². The minimum Gasteiger partial charge on any atom is -0.348 e. The molecule has 0 aliphatic heterocycles. The van der Waals surface area contributed by atoms with E-state index in [1.54, 1.807) is 17.8 Å². The van der Waals surface area contributed by atoms with Crippen LogP contribution in [-0.4, -0.2) is 24.0 Å². The Morgan fingerprint density at radius 3 is 3.00 bits per heavy atom. The number of thioether (sulfide) groups is 1. The minimum atomic E-state index is -0.00292. The molecule has 1 amide bonds. The van der Waals surface area contributed by atoms with Crippen LogP contribution in [0, 0.1) is 0 Å². The first-order chi connectivity index (χ1) is 6.63. The van der Waals surface area contributed by atoms with Gasteiger partial charge in [-0.15, -0.1) is 24.0 Å². The number of hydrogen-bond acceptors (Lipinski definition) is 4. The fourth-order valence-corrected chi connectivity index (χ4v) is 2.67. The van der Waals surface area contributed by atoms with Gasteiger partial charge in [0, 0.05) is 22.1 Å². The number of carbonyl (C=O) groups excluding carboxylic acids is 1. The highest BCUT2D eigenvalue weighted by molar-refractivity contribution is 7.98. The van der Waals surface area contributed by atoms with Crippen LogP contribution in [0.4, 0.5) is 0 Å². The molecule has 14 heavy (non-hydrogen) atoms. The molecule has 0 saturated carbocycles. The summed E-state index contributed by atoms with van der Waals surface area (Å²) < 4.78 is 0. The number of thiophene rings is 1. The second-order valence-corrected chi connectivity index (χ2v) is 5.34. The lowest BCUT2D eigenvalue weighted by Gasteiger charge is -2.10. The number of nitrogens with one attached hydrogen (secondary N) is 1. The van der Waals surface area contributed by atoms with E-state index in [9.17, 15) is 4.79 Å². The highest BCUT2D eigenvalue weighted by Gasteiger charge is 2.10. The normalized spacial score (nSPS) is 12.5. The summed E-state index contributed by atoms with van der Waals surface area (Å²) in [4.78, 5) is 13.2. The molecule has 1 rings (SSSR count). The fourth-order valence-electron chi connectivity index (χ4n) is 1.03. The van der Waals surface area contributed by atoms with E-state index in [4.69, 9.17) is 0 Å². The molecule has 1 aromatic heterocycles. The van der Waals surface area contributed by atoms with Gasteiger partial charge in [-0.1, -0.05) is 0 Å². The molecule has 0 spiro atoms. The summed E-state index contributed by atoms with van der Waals surface area (Å²) in [6, 6.07) is 2.00. The van der Waals surface area contributed by atoms with Gasteiger partial charge in [-0.3, -0.25) is 4.79 Å². The van der Waals surface area contributed by atoms with Crippen LogP contribution in [0.1, 0.15) is 16.6 Å². The van der Waals surface area contributed by atoms with E-state index in [1.165, 1.54) is 11.3 Å². The van der Waals surface area contributed by atoms with E-state index in [0.29, 0.717) is 0 Å². The third-order valence-corrected chi connectivity index (χ3v) is 3.80. The summed E-state index contributed by atoms with van der Waals surface area (Å²) in [5.74, 6) is 0.932. The van der Waals surface area contributed by atoms with Gasteiger partial charge in [0.25, 0.3) is 5.91 Å². The first-order valence-corrected chi connectivity index (χ1v) is 6.93. The van der Waals surface area contributed by atoms with Crippen LogP contribution in [0.25, 0.3) is 0 Å². The molecule has 1 unspecified atom stereocenters. The zero-order chi connectivity index (χ0) is 10.6. The van der Waals surface area contributed by atoms with Crippen LogP contribution in [-0.2, 0) is 0 Å². The van der Waals surface area contributed by atoms with E-state index in [-0.39, 0.29) is 11.9 Å². The monoisotopic (exact) mass is 247 g/mol. The summed E-state index contributed by atoms with van der Waals surface area (Å²) in [5, 5.41) is 4.79. The Labute approximate surface area is 97.9 Å². The first-order valence-electron chi connectivity index (χ1n) is 4.20. The zero-order valence-corrected chi connectivity index (χ0v) is 10.6. The van der Waals surface area contributed by atoms with Crippen LogP contribution in [0.2, 0.25) is 0 Å². The molecule has 2 nitrogen and oxygen atoms in total. The Bertz CT molecular complexity index is 311. The Morgan fingerprint density at radius 2 is 2.50 bits per heavy atom. The lowest BCUT2D eigenvalue weighted by atomic mass is 10.3. The molecular formula is C9H13NOS3. The van der Waals surface area contributed by atoms with Gasteiger partial charge in [-0.2, -0.15) is 11.8 Å². The van der Waals surface area contributed by atoms with Crippen molar-refractivity contribution in [2.75, 3.05) is 12.0 Å². The molecule has 0 bridgehead atoms. The molecule has 78 valence electrons. The van der Waals surface area contributed by atoms with Gasteiger partial charge < -0.3 is 5.32 Å². The average molecular weight is 247 g/mol. The fraction of sp³-hybridized carbons (Fsp3) is 0.444. The Kier molecular flexibility index (Phi) is 4.84. The average Bonchev–Trinajstić information content (AvgIpc) is 2.52. The van der Waals surface area contributed by atoms with Crippen molar-refractivity contribution < 1.29 is 4.79 Å². The van der Waals surface area contributed by atoms with Crippen molar-refractivity contribution in [3.8, 4) is 0 Å².